The van der Waals surface area contributed by atoms with Crippen molar-refractivity contribution in [3.63, 3.8) is 0 Å². The molecule has 2 aromatic carbocycles. The summed E-state index contributed by atoms with van der Waals surface area (Å²) < 4.78 is 5.42. The first-order valence-corrected chi connectivity index (χ1v) is 10.5. The molecule has 160 valence electrons. The molecule has 1 fully saturated rings. The first-order chi connectivity index (χ1) is 15.1. The van der Waals surface area contributed by atoms with E-state index in [1.165, 1.54) is 0 Å². The first-order valence-electron chi connectivity index (χ1n) is 10.2. The van der Waals surface area contributed by atoms with Gasteiger partial charge in [-0.3, -0.25) is 4.79 Å². The van der Waals surface area contributed by atoms with Gasteiger partial charge in [0.2, 0.25) is 5.91 Å². The van der Waals surface area contributed by atoms with Gasteiger partial charge in [-0.1, -0.05) is 29.8 Å². The van der Waals surface area contributed by atoms with Gasteiger partial charge in [-0.15, -0.1) is 0 Å². The maximum Gasteiger partial charge on any atom is 0.228 e. The molecule has 0 radical (unpaired) electrons. The first kappa shape index (κ1) is 21.1. The smallest absolute Gasteiger partial charge is 0.228 e. The molecule has 0 bridgehead atoms. The highest BCUT2D eigenvalue weighted by atomic mass is 35.5. The van der Waals surface area contributed by atoms with Crippen molar-refractivity contribution < 1.29 is 9.53 Å². The Morgan fingerprint density at radius 1 is 1.06 bits per heavy atom. The summed E-state index contributed by atoms with van der Waals surface area (Å²) in [6.45, 7) is 4.93. The van der Waals surface area contributed by atoms with Crippen molar-refractivity contribution >= 4 is 40.5 Å². The average Bonchev–Trinajstić information content (AvgIpc) is 2.77. The second-order valence-corrected chi connectivity index (χ2v) is 7.68. The van der Waals surface area contributed by atoms with Gasteiger partial charge in [0.1, 0.15) is 17.5 Å². The van der Waals surface area contributed by atoms with E-state index in [1.54, 1.807) is 6.07 Å². The summed E-state index contributed by atoms with van der Waals surface area (Å²) in [5, 5.41) is 6.80. The Kier molecular flexibility index (Phi) is 6.64. The number of rotatable bonds is 6. The summed E-state index contributed by atoms with van der Waals surface area (Å²) in [6, 6.07) is 16.8. The number of aromatic nitrogens is 2. The zero-order valence-corrected chi connectivity index (χ0v) is 18.0. The minimum atomic E-state index is -0.115. The topological polar surface area (TPSA) is 79.4 Å². The van der Waals surface area contributed by atoms with Crippen molar-refractivity contribution in [2.75, 3.05) is 41.8 Å². The third kappa shape index (κ3) is 5.71. The SMILES string of the molecule is Cc1nc(Nc2ccc(NC(=O)Cc3ccccc3Cl)cc2)cc(N2CCOCC2)n1. The Bertz CT molecular complexity index is 1050. The van der Waals surface area contributed by atoms with Crippen molar-refractivity contribution in [3.05, 3.63) is 71.0 Å². The molecule has 7 nitrogen and oxygen atoms in total. The fourth-order valence-corrected chi connectivity index (χ4v) is 3.58. The van der Waals surface area contributed by atoms with Gasteiger partial charge in [0, 0.05) is 35.6 Å². The second kappa shape index (κ2) is 9.76. The third-order valence-corrected chi connectivity index (χ3v) is 5.28. The van der Waals surface area contributed by atoms with Gasteiger partial charge in [0.25, 0.3) is 0 Å². The van der Waals surface area contributed by atoms with Crippen LogP contribution in [0.3, 0.4) is 0 Å². The number of carbonyl (C=O) groups is 1. The van der Waals surface area contributed by atoms with Gasteiger partial charge in [0.05, 0.1) is 19.6 Å². The largest absolute Gasteiger partial charge is 0.378 e. The molecule has 1 amide bonds. The van der Waals surface area contributed by atoms with Crippen LogP contribution in [0.15, 0.2) is 54.6 Å². The number of nitrogens with zero attached hydrogens (tertiary/aromatic N) is 3. The summed E-state index contributed by atoms with van der Waals surface area (Å²) in [5.41, 5.74) is 2.39. The molecule has 0 spiro atoms. The molecule has 2 heterocycles. The monoisotopic (exact) mass is 437 g/mol. The number of amides is 1. The molecule has 0 unspecified atom stereocenters. The predicted molar refractivity (Wildman–Crippen MR) is 123 cm³/mol. The summed E-state index contributed by atoms with van der Waals surface area (Å²) >= 11 is 6.13. The van der Waals surface area contributed by atoms with E-state index in [0.717, 1.165) is 41.7 Å². The van der Waals surface area contributed by atoms with E-state index in [1.807, 2.05) is 55.5 Å². The molecular formula is C23H24ClN5O2. The van der Waals surface area contributed by atoms with Gasteiger partial charge in [-0.05, 0) is 42.8 Å². The van der Waals surface area contributed by atoms with Crippen molar-refractivity contribution in [1.82, 2.24) is 9.97 Å². The fraction of sp³-hybridized carbons (Fsp3) is 0.261. The maximum absolute atomic E-state index is 12.3. The third-order valence-electron chi connectivity index (χ3n) is 4.91. The van der Waals surface area contributed by atoms with Gasteiger partial charge >= 0.3 is 0 Å². The Morgan fingerprint density at radius 2 is 1.77 bits per heavy atom. The van der Waals surface area contributed by atoms with Crippen LogP contribution in [-0.2, 0) is 16.0 Å². The number of benzene rings is 2. The lowest BCUT2D eigenvalue weighted by Crippen LogP contribution is -2.36. The van der Waals surface area contributed by atoms with E-state index in [2.05, 4.69) is 25.5 Å². The molecule has 3 aromatic rings. The number of hydrogen-bond acceptors (Lipinski definition) is 6. The summed E-state index contributed by atoms with van der Waals surface area (Å²) in [7, 11) is 0. The van der Waals surface area contributed by atoms with E-state index in [0.29, 0.717) is 24.1 Å². The molecule has 8 heteroatoms. The molecular weight excluding hydrogens is 414 g/mol. The Morgan fingerprint density at radius 3 is 2.52 bits per heavy atom. The highest BCUT2D eigenvalue weighted by Crippen LogP contribution is 2.22. The molecule has 1 aromatic heterocycles. The number of aryl methyl sites for hydroxylation is 1. The molecule has 4 rings (SSSR count). The van der Waals surface area contributed by atoms with E-state index in [-0.39, 0.29) is 12.3 Å². The number of morpholine rings is 1. The number of carbonyl (C=O) groups excluding carboxylic acids is 1. The Hall–Kier alpha value is -3.16. The van der Waals surface area contributed by atoms with Gasteiger partial charge in [0.15, 0.2) is 0 Å². The van der Waals surface area contributed by atoms with Crippen LogP contribution in [0.2, 0.25) is 5.02 Å². The zero-order chi connectivity index (χ0) is 21.6. The van der Waals surface area contributed by atoms with Crippen molar-refractivity contribution in [2.24, 2.45) is 0 Å². The lowest BCUT2D eigenvalue weighted by Gasteiger charge is -2.28. The van der Waals surface area contributed by atoms with Crippen LogP contribution in [0.1, 0.15) is 11.4 Å². The van der Waals surface area contributed by atoms with Crippen LogP contribution in [0.5, 0.6) is 0 Å². The normalized spacial score (nSPS) is 13.7. The van der Waals surface area contributed by atoms with Crippen molar-refractivity contribution in [3.8, 4) is 0 Å². The van der Waals surface area contributed by atoms with E-state index in [4.69, 9.17) is 16.3 Å². The molecule has 0 atom stereocenters. The fourth-order valence-electron chi connectivity index (χ4n) is 3.38. The molecule has 0 saturated carbocycles. The minimum absolute atomic E-state index is 0.115. The van der Waals surface area contributed by atoms with Gasteiger partial charge in [-0.2, -0.15) is 0 Å². The standard InChI is InChI=1S/C23H24ClN5O2/c1-16-25-21(15-22(26-16)29-10-12-31-13-11-29)27-18-6-8-19(9-7-18)28-23(30)14-17-4-2-3-5-20(17)24/h2-9,15H,10-14H2,1H3,(H,28,30)(H,25,26,27). The summed E-state index contributed by atoms with van der Waals surface area (Å²) in [6.07, 6.45) is 0.226. The van der Waals surface area contributed by atoms with Crippen molar-refractivity contribution in [2.45, 2.75) is 13.3 Å². The Balaban J connectivity index is 1.39. The number of hydrogen-bond donors (Lipinski definition) is 2. The predicted octanol–water partition coefficient (Wildman–Crippen LogP) is 4.20. The van der Waals surface area contributed by atoms with Crippen molar-refractivity contribution in [1.29, 1.82) is 0 Å². The lowest BCUT2D eigenvalue weighted by atomic mass is 10.1. The van der Waals surface area contributed by atoms with E-state index in [9.17, 15) is 4.79 Å². The molecule has 1 aliphatic rings. The highest BCUT2D eigenvalue weighted by Gasteiger charge is 2.14. The second-order valence-electron chi connectivity index (χ2n) is 7.28. The Labute approximate surface area is 186 Å². The average molecular weight is 438 g/mol. The zero-order valence-electron chi connectivity index (χ0n) is 17.3. The van der Waals surface area contributed by atoms with Crippen LogP contribution in [0.25, 0.3) is 0 Å². The van der Waals surface area contributed by atoms with Crippen LogP contribution in [0.4, 0.5) is 23.0 Å². The minimum Gasteiger partial charge on any atom is -0.378 e. The number of halogens is 1. The van der Waals surface area contributed by atoms with Gasteiger partial charge < -0.3 is 20.3 Å². The molecule has 1 aliphatic heterocycles. The van der Waals surface area contributed by atoms with Gasteiger partial charge in [-0.25, -0.2) is 9.97 Å². The number of nitrogens with one attached hydrogen (secondary N) is 2. The highest BCUT2D eigenvalue weighted by molar-refractivity contribution is 6.31. The quantitative estimate of drug-likeness (QED) is 0.601. The molecule has 2 N–H and O–H groups in total. The van der Waals surface area contributed by atoms with Crippen LogP contribution < -0.4 is 15.5 Å². The molecule has 0 aliphatic carbocycles. The molecule has 1 saturated heterocycles. The summed E-state index contributed by atoms with van der Waals surface area (Å²) in [4.78, 5) is 23.6. The maximum atomic E-state index is 12.3. The number of anilines is 4. The lowest BCUT2D eigenvalue weighted by molar-refractivity contribution is -0.115. The van der Waals surface area contributed by atoms with E-state index >= 15 is 0 Å². The molecule has 31 heavy (non-hydrogen) atoms. The van der Waals surface area contributed by atoms with Crippen LogP contribution in [-0.4, -0.2) is 42.2 Å². The van der Waals surface area contributed by atoms with Crippen LogP contribution in [0, 0.1) is 6.92 Å². The van der Waals surface area contributed by atoms with Crippen LogP contribution >= 0.6 is 11.6 Å². The number of ether oxygens (including phenoxy) is 1. The van der Waals surface area contributed by atoms with E-state index < -0.39 is 0 Å². The summed E-state index contributed by atoms with van der Waals surface area (Å²) in [5.74, 6) is 2.21.